The van der Waals surface area contributed by atoms with E-state index in [9.17, 15) is 18.8 Å². The Morgan fingerprint density at radius 1 is 1.15 bits per heavy atom. The Labute approximate surface area is 149 Å². The summed E-state index contributed by atoms with van der Waals surface area (Å²) in [6.07, 6.45) is 0. The summed E-state index contributed by atoms with van der Waals surface area (Å²) in [5, 5.41) is 2.40. The van der Waals surface area contributed by atoms with Crippen LogP contribution in [-0.2, 0) is 9.59 Å². The highest BCUT2D eigenvalue weighted by Gasteiger charge is 2.42. The number of rotatable bonds is 3. The minimum atomic E-state index is -0.953. The van der Waals surface area contributed by atoms with E-state index in [4.69, 9.17) is 5.73 Å². The first-order valence-electron chi connectivity index (χ1n) is 8.14. The first-order valence-corrected chi connectivity index (χ1v) is 8.14. The van der Waals surface area contributed by atoms with Gasteiger partial charge in [0.15, 0.2) is 0 Å². The third-order valence-corrected chi connectivity index (χ3v) is 4.45. The molecule has 7 heteroatoms. The molecule has 2 aromatic rings. The molecule has 3 N–H and O–H groups in total. The average Bonchev–Trinajstić information content (AvgIpc) is 2.61. The van der Waals surface area contributed by atoms with Crippen molar-refractivity contribution in [1.82, 2.24) is 4.90 Å². The first kappa shape index (κ1) is 17.6. The smallest absolute Gasteiger partial charge is 0.313 e. The van der Waals surface area contributed by atoms with Gasteiger partial charge in [-0.25, -0.2) is 4.39 Å². The van der Waals surface area contributed by atoms with Crippen molar-refractivity contribution in [3.05, 3.63) is 65.5 Å². The second kappa shape index (κ2) is 6.95. The maximum atomic E-state index is 13.5. The van der Waals surface area contributed by atoms with Gasteiger partial charge < -0.3 is 16.0 Å². The van der Waals surface area contributed by atoms with Crippen LogP contribution in [0.25, 0.3) is 0 Å². The Hall–Kier alpha value is -3.22. The highest BCUT2D eigenvalue weighted by atomic mass is 19.1. The number of anilines is 1. The van der Waals surface area contributed by atoms with Crippen molar-refractivity contribution in [1.29, 1.82) is 0 Å². The van der Waals surface area contributed by atoms with Crippen molar-refractivity contribution < 1.29 is 18.8 Å². The average molecular weight is 355 g/mol. The Balaban J connectivity index is 1.73. The number of amides is 3. The molecule has 2 unspecified atom stereocenters. The molecule has 1 aliphatic rings. The van der Waals surface area contributed by atoms with E-state index in [2.05, 4.69) is 5.32 Å². The van der Waals surface area contributed by atoms with Gasteiger partial charge >= 0.3 is 11.8 Å². The van der Waals surface area contributed by atoms with E-state index in [0.29, 0.717) is 6.54 Å². The quantitative estimate of drug-likeness (QED) is 0.826. The molecule has 1 aliphatic heterocycles. The predicted molar refractivity (Wildman–Crippen MR) is 93.6 cm³/mol. The standard InChI is InChI=1S/C19H18FN3O3/c1-11-10-23(16(11)12-5-3-2-4-6-12)19(26)18(25)22-13-7-8-15(20)14(9-13)17(21)24/h2-9,11,16H,10H2,1H3,(H2,21,24)(H,22,25). The third-order valence-electron chi connectivity index (χ3n) is 4.45. The van der Waals surface area contributed by atoms with Crippen LogP contribution in [0.1, 0.15) is 28.9 Å². The predicted octanol–water partition coefficient (Wildman–Crippen LogP) is 2.08. The van der Waals surface area contributed by atoms with E-state index in [1.54, 1.807) is 0 Å². The number of hydrogen-bond donors (Lipinski definition) is 2. The molecule has 0 radical (unpaired) electrons. The fraction of sp³-hybridized carbons (Fsp3) is 0.211. The zero-order valence-electron chi connectivity index (χ0n) is 14.1. The monoisotopic (exact) mass is 355 g/mol. The van der Waals surface area contributed by atoms with Gasteiger partial charge in [0.05, 0.1) is 11.6 Å². The van der Waals surface area contributed by atoms with Gasteiger partial charge in [0.25, 0.3) is 5.91 Å². The Bertz CT molecular complexity index is 870. The topological polar surface area (TPSA) is 92.5 Å². The van der Waals surface area contributed by atoms with Crippen LogP contribution in [0.4, 0.5) is 10.1 Å². The van der Waals surface area contributed by atoms with E-state index < -0.39 is 23.5 Å². The van der Waals surface area contributed by atoms with Crippen molar-refractivity contribution in [2.45, 2.75) is 13.0 Å². The number of primary amides is 1. The van der Waals surface area contributed by atoms with Crippen molar-refractivity contribution in [3.63, 3.8) is 0 Å². The first-order chi connectivity index (χ1) is 12.4. The number of hydrogen-bond acceptors (Lipinski definition) is 3. The molecule has 1 fully saturated rings. The maximum absolute atomic E-state index is 13.5. The van der Waals surface area contributed by atoms with E-state index in [0.717, 1.165) is 17.7 Å². The summed E-state index contributed by atoms with van der Waals surface area (Å²) in [6.45, 7) is 2.49. The lowest BCUT2D eigenvalue weighted by Gasteiger charge is -2.46. The van der Waals surface area contributed by atoms with Crippen LogP contribution in [-0.4, -0.2) is 29.2 Å². The van der Waals surface area contributed by atoms with Crippen LogP contribution in [0.5, 0.6) is 0 Å². The van der Waals surface area contributed by atoms with Gasteiger partial charge in [-0.2, -0.15) is 0 Å². The van der Waals surface area contributed by atoms with Crippen molar-refractivity contribution in [2.75, 3.05) is 11.9 Å². The lowest BCUT2D eigenvalue weighted by Crippen LogP contribution is -2.54. The lowest BCUT2D eigenvalue weighted by atomic mass is 9.84. The number of carbonyl (C=O) groups excluding carboxylic acids is 3. The number of benzene rings is 2. The molecular weight excluding hydrogens is 337 g/mol. The molecule has 0 spiro atoms. The molecule has 3 rings (SSSR count). The second-order valence-electron chi connectivity index (χ2n) is 6.30. The molecule has 1 heterocycles. The van der Waals surface area contributed by atoms with E-state index >= 15 is 0 Å². The van der Waals surface area contributed by atoms with Gasteiger partial charge in [-0.05, 0) is 29.7 Å². The normalized spacial score (nSPS) is 18.8. The molecule has 134 valence electrons. The minimum absolute atomic E-state index is 0.128. The summed E-state index contributed by atoms with van der Waals surface area (Å²) in [5.74, 6) is -3.03. The number of nitrogens with two attached hydrogens (primary N) is 1. The van der Waals surface area contributed by atoms with Gasteiger partial charge in [-0.15, -0.1) is 0 Å². The van der Waals surface area contributed by atoms with Gasteiger partial charge in [0.1, 0.15) is 5.82 Å². The molecule has 2 aromatic carbocycles. The summed E-state index contributed by atoms with van der Waals surface area (Å²) in [4.78, 5) is 37.5. The largest absolute Gasteiger partial charge is 0.366 e. The Morgan fingerprint density at radius 2 is 1.85 bits per heavy atom. The van der Waals surface area contributed by atoms with Gasteiger partial charge in [0.2, 0.25) is 0 Å². The molecule has 3 amide bonds. The van der Waals surface area contributed by atoms with Gasteiger partial charge in [0, 0.05) is 12.2 Å². The van der Waals surface area contributed by atoms with Crippen LogP contribution < -0.4 is 11.1 Å². The lowest BCUT2D eigenvalue weighted by molar-refractivity contribution is -0.152. The highest BCUT2D eigenvalue weighted by molar-refractivity contribution is 6.39. The summed E-state index contributed by atoms with van der Waals surface area (Å²) in [7, 11) is 0. The van der Waals surface area contributed by atoms with Crippen LogP contribution in [0, 0.1) is 11.7 Å². The van der Waals surface area contributed by atoms with E-state index in [1.807, 2.05) is 37.3 Å². The second-order valence-corrected chi connectivity index (χ2v) is 6.30. The molecule has 2 atom stereocenters. The molecule has 0 bridgehead atoms. The third kappa shape index (κ3) is 3.28. The molecule has 26 heavy (non-hydrogen) atoms. The van der Waals surface area contributed by atoms with Crippen molar-refractivity contribution in [3.8, 4) is 0 Å². The van der Waals surface area contributed by atoms with Crippen LogP contribution in [0.3, 0.4) is 0 Å². The molecular formula is C19H18FN3O3. The summed E-state index contributed by atoms with van der Waals surface area (Å²) < 4.78 is 13.5. The summed E-state index contributed by atoms with van der Waals surface area (Å²) in [5.41, 5.74) is 5.82. The molecule has 1 saturated heterocycles. The van der Waals surface area contributed by atoms with Gasteiger partial charge in [-0.1, -0.05) is 37.3 Å². The maximum Gasteiger partial charge on any atom is 0.313 e. The Morgan fingerprint density at radius 3 is 2.46 bits per heavy atom. The molecule has 0 aromatic heterocycles. The van der Waals surface area contributed by atoms with Crippen LogP contribution in [0.15, 0.2) is 48.5 Å². The summed E-state index contributed by atoms with van der Waals surface area (Å²) >= 11 is 0. The van der Waals surface area contributed by atoms with Gasteiger partial charge in [-0.3, -0.25) is 14.4 Å². The minimum Gasteiger partial charge on any atom is -0.366 e. The number of carbonyl (C=O) groups is 3. The fourth-order valence-electron chi connectivity index (χ4n) is 3.17. The highest BCUT2D eigenvalue weighted by Crippen LogP contribution is 2.38. The number of halogens is 1. The zero-order valence-corrected chi connectivity index (χ0v) is 14.1. The SMILES string of the molecule is CC1CN(C(=O)C(=O)Nc2ccc(F)c(C(N)=O)c2)C1c1ccccc1. The molecule has 0 aliphatic carbocycles. The van der Waals surface area contributed by atoms with Crippen molar-refractivity contribution in [2.24, 2.45) is 11.7 Å². The van der Waals surface area contributed by atoms with E-state index in [1.165, 1.54) is 11.0 Å². The Kier molecular flexibility index (Phi) is 4.71. The molecule has 0 saturated carbocycles. The number of nitrogens with one attached hydrogen (secondary N) is 1. The zero-order chi connectivity index (χ0) is 18.8. The number of likely N-dealkylation sites (tertiary alicyclic amines) is 1. The van der Waals surface area contributed by atoms with E-state index in [-0.39, 0.29) is 23.2 Å². The van der Waals surface area contributed by atoms with Crippen LogP contribution >= 0.6 is 0 Å². The summed E-state index contributed by atoms with van der Waals surface area (Å²) in [6, 6.07) is 12.7. The number of nitrogens with zero attached hydrogens (tertiary/aromatic N) is 1. The molecule has 6 nitrogen and oxygen atoms in total. The van der Waals surface area contributed by atoms with Crippen LogP contribution in [0.2, 0.25) is 0 Å². The van der Waals surface area contributed by atoms with Crippen molar-refractivity contribution >= 4 is 23.4 Å². The fourth-order valence-corrected chi connectivity index (χ4v) is 3.17.